The van der Waals surface area contributed by atoms with Crippen molar-refractivity contribution in [3.8, 4) is 5.75 Å². The second kappa shape index (κ2) is 4.84. The van der Waals surface area contributed by atoms with Crippen molar-refractivity contribution in [3.05, 3.63) is 63.7 Å². The van der Waals surface area contributed by atoms with Gasteiger partial charge in [0.25, 0.3) is 0 Å². The fraction of sp³-hybridized carbons (Fsp3) is 0.188. The third-order valence-electron chi connectivity index (χ3n) is 3.64. The van der Waals surface area contributed by atoms with Gasteiger partial charge in [-0.3, -0.25) is 4.79 Å². The summed E-state index contributed by atoms with van der Waals surface area (Å²) >= 11 is 6.18. The van der Waals surface area contributed by atoms with E-state index in [0.29, 0.717) is 22.9 Å². The monoisotopic (exact) mass is 288 g/mol. The summed E-state index contributed by atoms with van der Waals surface area (Å²) in [6.45, 7) is 2.21. The quantitative estimate of drug-likeness (QED) is 0.869. The van der Waals surface area contributed by atoms with E-state index >= 15 is 0 Å². The van der Waals surface area contributed by atoms with E-state index in [4.69, 9.17) is 16.3 Å². The number of hydrogen-bond acceptors (Lipinski definition) is 2. The lowest BCUT2D eigenvalue weighted by Gasteiger charge is -2.17. The van der Waals surface area contributed by atoms with Gasteiger partial charge in [0.05, 0.1) is 5.02 Å². The summed E-state index contributed by atoms with van der Waals surface area (Å²) in [5.74, 6) is -1.16. The van der Waals surface area contributed by atoms with Gasteiger partial charge in [-0.05, 0) is 29.7 Å². The molecule has 0 saturated heterocycles. The van der Waals surface area contributed by atoms with Crippen molar-refractivity contribution in [1.82, 2.24) is 0 Å². The molecule has 2 aromatic carbocycles. The molecule has 0 fully saturated rings. The van der Waals surface area contributed by atoms with Crippen LogP contribution >= 0.6 is 11.6 Å². The van der Waals surface area contributed by atoms with Gasteiger partial charge in [-0.15, -0.1) is 0 Å². The van der Waals surface area contributed by atoms with E-state index in [-0.39, 0.29) is 0 Å². The number of carbonyl (C=O) groups is 1. The van der Waals surface area contributed by atoms with Crippen LogP contribution in [0.25, 0.3) is 0 Å². The van der Waals surface area contributed by atoms with Gasteiger partial charge in [0.2, 0.25) is 0 Å². The molecule has 3 rings (SSSR count). The molecule has 0 saturated carbocycles. The summed E-state index contributed by atoms with van der Waals surface area (Å²) in [5.41, 5.74) is 3.17. The lowest BCUT2D eigenvalue weighted by molar-refractivity contribution is -0.137. The van der Waals surface area contributed by atoms with Crippen LogP contribution in [0.1, 0.15) is 28.2 Å². The molecule has 0 amide bonds. The van der Waals surface area contributed by atoms with Gasteiger partial charge in [-0.1, -0.05) is 41.9 Å². The normalized spacial score (nSPS) is 16.6. The van der Waals surface area contributed by atoms with Crippen LogP contribution in [-0.4, -0.2) is 11.1 Å². The third-order valence-corrected chi connectivity index (χ3v) is 3.94. The smallest absolute Gasteiger partial charge is 0.315 e. The van der Waals surface area contributed by atoms with Crippen LogP contribution in [0.5, 0.6) is 5.75 Å². The van der Waals surface area contributed by atoms with Gasteiger partial charge in [-0.2, -0.15) is 0 Å². The largest absolute Gasteiger partial charge is 0.487 e. The maximum atomic E-state index is 11.8. The number of carboxylic acids is 1. The molecule has 1 unspecified atom stereocenters. The van der Waals surface area contributed by atoms with Crippen LogP contribution < -0.4 is 4.74 Å². The Morgan fingerprint density at radius 2 is 2.05 bits per heavy atom. The van der Waals surface area contributed by atoms with Crippen LogP contribution in [-0.2, 0) is 11.4 Å². The Bertz CT molecular complexity index is 694. The van der Waals surface area contributed by atoms with Crippen LogP contribution in [0.3, 0.4) is 0 Å². The second-order valence-electron chi connectivity index (χ2n) is 4.87. The Morgan fingerprint density at radius 3 is 2.80 bits per heavy atom. The lowest BCUT2D eigenvalue weighted by Crippen LogP contribution is -2.15. The highest BCUT2D eigenvalue weighted by molar-refractivity contribution is 6.32. The Morgan fingerprint density at radius 1 is 1.30 bits per heavy atom. The zero-order chi connectivity index (χ0) is 14.3. The number of halogens is 1. The van der Waals surface area contributed by atoms with Crippen LogP contribution in [0.15, 0.2) is 36.4 Å². The molecule has 20 heavy (non-hydrogen) atoms. The number of ether oxygens (including phenoxy) is 1. The molecule has 0 bridgehead atoms. The minimum atomic E-state index is -0.894. The predicted molar refractivity (Wildman–Crippen MR) is 76.4 cm³/mol. The molecule has 0 aromatic heterocycles. The van der Waals surface area contributed by atoms with E-state index in [9.17, 15) is 9.90 Å². The van der Waals surface area contributed by atoms with Crippen LogP contribution in [0.2, 0.25) is 5.02 Å². The molecule has 1 aliphatic rings. The highest BCUT2D eigenvalue weighted by atomic mass is 35.5. The van der Waals surface area contributed by atoms with E-state index in [1.807, 2.05) is 37.3 Å². The van der Waals surface area contributed by atoms with Crippen molar-refractivity contribution in [2.24, 2.45) is 0 Å². The van der Waals surface area contributed by atoms with Crippen molar-refractivity contribution >= 4 is 17.6 Å². The van der Waals surface area contributed by atoms with Crippen molar-refractivity contribution < 1.29 is 14.6 Å². The van der Waals surface area contributed by atoms with E-state index in [2.05, 4.69) is 0 Å². The minimum Gasteiger partial charge on any atom is -0.487 e. The fourth-order valence-electron chi connectivity index (χ4n) is 2.69. The number of aryl methyl sites for hydroxylation is 1. The number of benzene rings is 2. The van der Waals surface area contributed by atoms with Crippen molar-refractivity contribution in [3.63, 3.8) is 0 Å². The molecular formula is C16H13ClO3. The van der Waals surface area contributed by atoms with Gasteiger partial charge in [0.15, 0.2) is 0 Å². The van der Waals surface area contributed by atoms with E-state index < -0.39 is 11.9 Å². The molecule has 1 heterocycles. The van der Waals surface area contributed by atoms with E-state index in [0.717, 1.165) is 16.7 Å². The van der Waals surface area contributed by atoms with E-state index in [1.165, 1.54) is 0 Å². The van der Waals surface area contributed by atoms with Gasteiger partial charge >= 0.3 is 5.97 Å². The van der Waals surface area contributed by atoms with Crippen molar-refractivity contribution in [2.45, 2.75) is 19.4 Å². The first-order valence-corrected chi connectivity index (χ1v) is 6.70. The second-order valence-corrected chi connectivity index (χ2v) is 5.27. The molecule has 1 aliphatic heterocycles. The van der Waals surface area contributed by atoms with E-state index in [1.54, 1.807) is 6.07 Å². The fourth-order valence-corrected chi connectivity index (χ4v) is 2.91. The Labute approximate surface area is 121 Å². The summed E-state index contributed by atoms with van der Waals surface area (Å²) in [6.07, 6.45) is 0. The molecular weight excluding hydrogens is 276 g/mol. The van der Waals surface area contributed by atoms with Gasteiger partial charge in [-0.25, -0.2) is 0 Å². The topological polar surface area (TPSA) is 46.5 Å². The average Bonchev–Trinajstić information content (AvgIpc) is 2.60. The molecule has 0 spiro atoms. The molecule has 1 N–H and O–H groups in total. The predicted octanol–water partition coefficient (Wildman–Crippen LogP) is 3.76. The van der Waals surface area contributed by atoms with Crippen LogP contribution in [0.4, 0.5) is 0 Å². The van der Waals surface area contributed by atoms with Crippen LogP contribution in [0, 0.1) is 6.92 Å². The lowest BCUT2D eigenvalue weighted by atomic mass is 9.86. The zero-order valence-electron chi connectivity index (χ0n) is 10.9. The molecule has 4 heteroatoms. The Balaban J connectivity index is 2.33. The first-order chi connectivity index (χ1) is 9.59. The maximum Gasteiger partial charge on any atom is 0.315 e. The van der Waals surface area contributed by atoms with Gasteiger partial charge in [0, 0.05) is 5.56 Å². The summed E-state index contributed by atoms with van der Waals surface area (Å²) in [4.78, 5) is 11.8. The zero-order valence-corrected chi connectivity index (χ0v) is 11.6. The summed E-state index contributed by atoms with van der Waals surface area (Å²) in [6, 6.07) is 11.0. The first kappa shape index (κ1) is 13.0. The summed E-state index contributed by atoms with van der Waals surface area (Å²) in [5, 5.41) is 10.1. The summed E-state index contributed by atoms with van der Waals surface area (Å²) < 4.78 is 5.77. The number of aliphatic carboxylic acids is 1. The standard InChI is InChI=1S/C16H13ClO3/c1-9-6-7-12(17)15-13(9)14(16(18)19)11-5-3-2-4-10(11)8-20-15/h2-7,14H,8H2,1H3,(H,18,19). The SMILES string of the molecule is Cc1ccc(Cl)c2c1C(C(=O)O)c1ccccc1CO2. The molecule has 2 aromatic rings. The maximum absolute atomic E-state index is 11.8. The summed E-state index contributed by atoms with van der Waals surface area (Å²) in [7, 11) is 0. The third kappa shape index (κ3) is 1.95. The molecule has 3 nitrogen and oxygen atoms in total. The van der Waals surface area contributed by atoms with Crippen molar-refractivity contribution in [2.75, 3.05) is 0 Å². The number of rotatable bonds is 1. The molecule has 1 atom stereocenters. The number of fused-ring (bicyclic) bond motifs is 2. The molecule has 102 valence electrons. The molecule has 0 radical (unpaired) electrons. The average molecular weight is 289 g/mol. The highest BCUT2D eigenvalue weighted by Crippen LogP contribution is 2.43. The van der Waals surface area contributed by atoms with Crippen molar-refractivity contribution in [1.29, 1.82) is 0 Å². The van der Waals surface area contributed by atoms with Gasteiger partial charge < -0.3 is 9.84 Å². The van der Waals surface area contributed by atoms with Gasteiger partial charge in [0.1, 0.15) is 18.3 Å². The Hall–Kier alpha value is -2.00. The first-order valence-electron chi connectivity index (χ1n) is 6.32. The Kier molecular flexibility index (Phi) is 3.14. The number of carboxylic acid groups (broad SMARTS) is 1. The molecule has 0 aliphatic carbocycles. The minimum absolute atomic E-state index is 0.329. The number of hydrogen-bond donors (Lipinski definition) is 1. The highest BCUT2D eigenvalue weighted by Gasteiger charge is 2.32.